The number of amides is 2. The molecule has 27 heavy (non-hydrogen) atoms. The van der Waals surface area contributed by atoms with Crippen molar-refractivity contribution in [3.05, 3.63) is 53.7 Å². The van der Waals surface area contributed by atoms with Crippen LogP contribution in [0.5, 0.6) is 0 Å². The van der Waals surface area contributed by atoms with Gasteiger partial charge in [-0.2, -0.15) is 4.98 Å². The Morgan fingerprint density at radius 2 is 2.15 bits per heavy atom. The molecule has 0 aliphatic carbocycles. The van der Waals surface area contributed by atoms with E-state index in [0.717, 1.165) is 11.4 Å². The molecule has 1 aromatic carbocycles. The van der Waals surface area contributed by atoms with Gasteiger partial charge in [0, 0.05) is 18.0 Å². The summed E-state index contributed by atoms with van der Waals surface area (Å²) in [6, 6.07) is 5.20. The zero-order valence-corrected chi connectivity index (χ0v) is 14.9. The summed E-state index contributed by atoms with van der Waals surface area (Å²) < 4.78 is 18.6. The van der Waals surface area contributed by atoms with Crippen molar-refractivity contribution < 1.29 is 13.7 Å². The number of imidazole rings is 1. The summed E-state index contributed by atoms with van der Waals surface area (Å²) in [5.74, 6) is 0.335. The van der Waals surface area contributed by atoms with Crippen LogP contribution in [0.3, 0.4) is 0 Å². The number of carbonyl (C=O) groups excluding carboxylic acids is 1. The average molecular weight is 370 g/mol. The number of H-pyrrole nitrogens is 1. The average Bonchev–Trinajstić information content (AvgIpc) is 3.29. The van der Waals surface area contributed by atoms with Gasteiger partial charge in [0.05, 0.1) is 24.3 Å². The van der Waals surface area contributed by atoms with Crippen molar-refractivity contribution >= 4 is 6.03 Å². The van der Waals surface area contributed by atoms with E-state index in [9.17, 15) is 9.18 Å². The monoisotopic (exact) mass is 370 g/mol. The predicted octanol–water partition coefficient (Wildman–Crippen LogP) is 2.82. The second-order valence-corrected chi connectivity index (χ2v) is 6.74. The van der Waals surface area contributed by atoms with E-state index in [1.165, 1.54) is 12.1 Å². The number of aromatic nitrogens is 4. The molecule has 0 saturated carbocycles. The Morgan fingerprint density at radius 1 is 1.37 bits per heavy atom. The van der Waals surface area contributed by atoms with Crippen LogP contribution in [0.4, 0.5) is 9.18 Å². The van der Waals surface area contributed by atoms with Crippen LogP contribution in [-0.4, -0.2) is 37.1 Å². The molecule has 8 nitrogen and oxygen atoms in total. The van der Waals surface area contributed by atoms with Crippen LogP contribution in [-0.2, 0) is 13.0 Å². The third kappa shape index (κ3) is 3.40. The number of urea groups is 1. The molecular weight excluding hydrogens is 351 g/mol. The topological polar surface area (TPSA) is 99.9 Å². The first-order valence-electron chi connectivity index (χ1n) is 8.69. The molecule has 2 N–H and O–H groups in total. The van der Waals surface area contributed by atoms with E-state index in [4.69, 9.17) is 4.52 Å². The minimum absolute atomic E-state index is 0.00113. The van der Waals surface area contributed by atoms with Crippen LogP contribution in [0.15, 0.2) is 35.1 Å². The highest BCUT2D eigenvalue weighted by Gasteiger charge is 2.36. The molecule has 1 aliphatic heterocycles. The summed E-state index contributed by atoms with van der Waals surface area (Å²) in [6.07, 6.45) is 2.08. The van der Waals surface area contributed by atoms with E-state index >= 15 is 0 Å². The van der Waals surface area contributed by atoms with Crippen molar-refractivity contribution in [3.8, 4) is 11.4 Å². The lowest BCUT2D eigenvalue weighted by molar-refractivity contribution is 0.142. The zero-order valence-electron chi connectivity index (χ0n) is 14.9. The molecule has 0 bridgehead atoms. The Balaban J connectivity index is 1.65. The largest absolute Gasteiger partial charge is 0.347 e. The maximum absolute atomic E-state index is 13.1. The van der Waals surface area contributed by atoms with E-state index in [1.807, 2.05) is 13.8 Å². The molecule has 3 heterocycles. The molecule has 9 heteroatoms. The Labute approximate surface area is 154 Å². The highest BCUT2D eigenvalue weighted by Crippen LogP contribution is 2.32. The summed E-state index contributed by atoms with van der Waals surface area (Å²) in [5.41, 5.74) is 2.40. The number of nitrogens with one attached hydrogen (secondary N) is 2. The van der Waals surface area contributed by atoms with Gasteiger partial charge < -0.3 is 19.7 Å². The predicted molar refractivity (Wildman–Crippen MR) is 93.9 cm³/mol. The fourth-order valence-electron chi connectivity index (χ4n) is 3.09. The van der Waals surface area contributed by atoms with Gasteiger partial charge in [0.15, 0.2) is 0 Å². The van der Waals surface area contributed by atoms with Crippen molar-refractivity contribution in [1.29, 1.82) is 0 Å². The van der Waals surface area contributed by atoms with Crippen molar-refractivity contribution in [3.63, 3.8) is 0 Å². The van der Waals surface area contributed by atoms with Gasteiger partial charge in [-0.1, -0.05) is 5.16 Å². The van der Waals surface area contributed by atoms with Crippen molar-refractivity contribution in [2.24, 2.45) is 0 Å². The van der Waals surface area contributed by atoms with Crippen LogP contribution >= 0.6 is 0 Å². The summed E-state index contributed by atoms with van der Waals surface area (Å²) >= 11 is 0. The molecule has 1 aliphatic rings. The van der Waals surface area contributed by atoms with Crippen LogP contribution in [0.25, 0.3) is 11.4 Å². The van der Waals surface area contributed by atoms with E-state index in [2.05, 4.69) is 25.4 Å². The molecule has 0 spiro atoms. The van der Waals surface area contributed by atoms with Gasteiger partial charge in [0.25, 0.3) is 0 Å². The molecule has 3 aromatic rings. The molecule has 4 rings (SSSR count). The number of hydrogen-bond acceptors (Lipinski definition) is 5. The van der Waals surface area contributed by atoms with Crippen molar-refractivity contribution in [2.75, 3.05) is 0 Å². The molecule has 2 amide bonds. The summed E-state index contributed by atoms with van der Waals surface area (Å²) in [5, 5.41) is 6.90. The Morgan fingerprint density at radius 3 is 2.89 bits per heavy atom. The molecule has 2 aromatic heterocycles. The summed E-state index contributed by atoms with van der Waals surface area (Å²) in [6.45, 7) is 4.17. The first-order valence-corrected chi connectivity index (χ1v) is 8.69. The minimum Gasteiger partial charge on any atom is -0.347 e. The number of nitrogens with zero attached hydrogens (tertiary/aromatic N) is 4. The van der Waals surface area contributed by atoms with Gasteiger partial charge >= 0.3 is 6.03 Å². The normalized spacial score (nSPS) is 16.4. The van der Waals surface area contributed by atoms with Crippen LogP contribution in [0, 0.1) is 5.82 Å². The van der Waals surface area contributed by atoms with Gasteiger partial charge in [-0.25, -0.2) is 14.2 Å². The molecule has 0 saturated heterocycles. The maximum atomic E-state index is 13.1. The number of aromatic amines is 1. The summed E-state index contributed by atoms with van der Waals surface area (Å²) in [4.78, 5) is 26.2. The molecule has 0 unspecified atom stereocenters. The van der Waals surface area contributed by atoms with Crippen LogP contribution in [0.2, 0.25) is 0 Å². The van der Waals surface area contributed by atoms with Crippen molar-refractivity contribution in [2.45, 2.75) is 38.9 Å². The van der Waals surface area contributed by atoms with Crippen LogP contribution < -0.4 is 5.32 Å². The third-order valence-electron chi connectivity index (χ3n) is 4.40. The second kappa shape index (κ2) is 6.82. The van der Waals surface area contributed by atoms with Gasteiger partial charge in [-0.05, 0) is 38.1 Å². The lowest BCUT2D eigenvalue weighted by Gasteiger charge is -2.33. The van der Waals surface area contributed by atoms with Gasteiger partial charge in [0.1, 0.15) is 11.9 Å². The van der Waals surface area contributed by atoms with Crippen molar-refractivity contribution in [1.82, 2.24) is 30.3 Å². The highest BCUT2D eigenvalue weighted by atomic mass is 19.1. The lowest BCUT2D eigenvalue weighted by atomic mass is 10.0. The van der Waals surface area contributed by atoms with Gasteiger partial charge in [-0.15, -0.1) is 0 Å². The van der Waals surface area contributed by atoms with E-state index in [0.29, 0.717) is 30.2 Å². The fraction of sp³-hybridized carbons (Fsp3) is 0.333. The molecule has 1 atom stereocenters. The van der Waals surface area contributed by atoms with Gasteiger partial charge in [0.2, 0.25) is 11.7 Å². The Bertz CT molecular complexity index is 949. The quantitative estimate of drug-likeness (QED) is 0.738. The molecule has 140 valence electrons. The first kappa shape index (κ1) is 17.2. The second-order valence-electron chi connectivity index (χ2n) is 6.74. The zero-order chi connectivity index (χ0) is 19.0. The molecular formula is C18H19FN6O2. The van der Waals surface area contributed by atoms with E-state index in [1.54, 1.807) is 23.4 Å². The molecule has 0 fully saturated rings. The smallest absolute Gasteiger partial charge is 0.318 e. The van der Waals surface area contributed by atoms with Gasteiger partial charge in [-0.3, -0.25) is 0 Å². The maximum Gasteiger partial charge on any atom is 0.318 e. The number of halogens is 1. The number of benzene rings is 1. The summed E-state index contributed by atoms with van der Waals surface area (Å²) in [7, 11) is 0. The Kier molecular flexibility index (Phi) is 4.35. The van der Waals surface area contributed by atoms with E-state index < -0.39 is 6.04 Å². The number of rotatable bonds is 3. The first-order chi connectivity index (χ1) is 13.0. The fourth-order valence-corrected chi connectivity index (χ4v) is 3.09. The Hall–Kier alpha value is -3.23. The van der Waals surface area contributed by atoms with E-state index in [-0.39, 0.29) is 17.9 Å². The number of carbonyl (C=O) groups is 1. The SMILES string of the molecule is CC(C)NC(=O)N1Cc2[nH]cnc2C[C@H]1c1nc(-c2ccc(F)cc2)no1. The number of fused-ring (bicyclic) bond motifs is 1. The molecule has 0 radical (unpaired) electrons. The lowest BCUT2D eigenvalue weighted by Crippen LogP contribution is -2.46. The third-order valence-corrected chi connectivity index (χ3v) is 4.40. The van der Waals surface area contributed by atoms with Crippen LogP contribution in [0.1, 0.15) is 37.2 Å². The highest BCUT2D eigenvalue weighted by molar-refractivity contribution is 5.75. The minimum atomic E-state index is -0.429. The number of hydrogen-bond donors (Lipinski definition) is 2. The standard InChI is InChI=1S/C18H19FN6O2/c1-10(2)22-18(26)25-8-14-13(20-9-21-14)7-15(25)17-23-16(24-27-17)11-3-5-12(19)6-4-11/h3-6,9-10,15H,7-8H2,1-2H3,(H,20,21)(H,22,26)/t15-/m0/s1.